The molecule has 30 heavy (non-hydrogen) atoms. The van der Waals surface area contributed by atoms with Crippen LogP contribution in [0.2, 0.25) is 5.02 Å². The minimum Gasteiger partial charge on any atom is -0.452 e. The Morgan fingerprint density at radius 2 is 1.77 bits per heavy atom. The molecular formula is C25H17ClN2O2. The molecule has 0 amide bonds. The fraction of sp³-hybridized carbons (Fsp3) is 0.0400. The third-order valence-corrected chi connectivity index (χ3v) is 5.30. The summed E-state index contributed by atoms with van der Waals surface area (Å²) in [5, 5.41) is 5.85. The number of halogens is 1. The molecule has 0 aliphatic rings. The lowest BCUT2D eigenvalue weighted by Crippen LogP contribution is -2.01. The number of rotatable bonds is 4. The first-order chi connectivity index (χ1) is 14.6. The van der Waals surface area contributed by atoms with Crippen molar-refractivity contribution < 1.29 is 9.21 Å². The van der Waals surface area contributed by atoms with Crippen molar-refractivity contribution in [3.63, 3.8) is 0 Å². The third-order valence-electron chi connectivity index (χ3n) is 5.06. The van der Waals surface area contributed by atoms with E-state index in [1.807, 2.05) is 73.8 Å². The number of hydrogen-bond acceptors (Lipinski definition) is 3. The van der Waals surface area contributed by atoms with Crippen LogP contribution in [0.4, 0.5) is 0 Å². The molecule has 5 rings (SSSR count). The van der Waals surface area contributed by atoms with Crippen molar-refractivity contribution in [2.24, 2.45) is 0 Å². The van der Waals surface area contributed by atoms with Gasteiger partial charge in [0.05, 0.1) is 11.9 Å². The number of hydrogen-bond donors (Lipinski definition) is 0. The topological polar surface area (TPSA) is 48.0 Å². The van der Waals surface area contributed by atoms with Gasteiger partial charge in [-0.15, -0.1) is 0 Å². The highest BCUT2D eigenvalue weighted by atomic mass is 35.5. The van der Waals surface area contributed by atoms with Crippen molar-refractivity contribution in [1.29, 1.82) is 0 Å². The van der Waals surface area contributed by atoms with E-state index >= 15 is 0 Å². The first-order valence-corrected chi connectivity index (χ1v) is 9.92. The second kappa shape index (κ2) is 7.32. The average Bonchev–Trinajstić information content (AvgIpc) is 3.39. The lowest BCUT2D eigenvalue weighted by molar-refractivity contribution is 0.101. The van der Waals surface area contributed by atoms with Crippen LogP contribution in [0.25, 0.3) is 27.8 Å². The lowest BCUT2D eigenvalue weighted by Gasteiger charge is -2.02. The summed E-state index contributed by atoms with van der Waals surface area (Å²) in [6.45, 7) is 1.99. The number of ketones is 1. The van der Waals surface area contributed by atoms with E-state index < -0.39 is 0 Å². The first kappa shape index (κ1) is 18.4. The van der Waals surface area contributed by atoms with Gasteiger partial charge >= 0.3 is 0 Å². The number of carbonyl (C=O) groups excluding carboxylic acids is 1. The van der Waals surface area contributed by atoms with Crippen LogP contribution in [-0.2, 0) is 0 Å². The maximum absolute atomic E-state index is 13.3. The molecule has 0 spiro atoms. The van der Waals surface area contributed by atoms with E-state index in [9.17, 15) is 4.79 Å². The fourth-order valence-corrected chi connectivity index (χ4v) is 3.70. The summed E-state index contributed by atoms with van der Waals surface area (Å²) in [4.78, 5) is 13.3. The van der Waals surface area contributed by atoms with Gasteiger partial charge in [0.25, 0.3) is 0 Å². The Morgan fingerprint density at radius 3 is 2.53 bits per heavy atom. The van der Waals surface area contributed by atoms with Crippen LogP contribution < -0.4 is 0 Å². The van der Waals surface area contributed by atoms with Gasteiger partial charge in [0.1, 0.15) is 5.58 Å². The Morgan fingerprint density at radius 1 is 1.00 bits per heavy atom. The number of furan rings is 1. The number of fused-ring (bicyclic) bond motifs is 1. The molecule has 0 unspecified atom stereocenters. The lowest BCUT2D eigenvalue weighted by atomic mass is 9.99. The quantitative estimate of drug-likeness (QED) is 0.317. The fourth-order valence-electron chi connectivity index (χ4n) is 3.53. The SMILES string of the molecule is Cc1ccc(C(=O)c2oc3ccc(Cl)cc3c2-c2cnn(-c3ccccc3)c2)cc1. The first-order valence-electron chi connectivity index (χ1n) is 9.54. The summed E-state index contributed by atoms with van der Waals surface area (Å²) >= 11 is 6.26. The van der Waals surface area contributed by atoms with E-state index in [0.29, 0.717) is 21.7 Å². The summed E-state index contributed by atoms with van der Waals surface area (Å²) in [5.74, 6) is 0.105. The molecule has 0 radical (unpaired) electrons. The van der Waals surface area contributed by atoms with Gasteiger partial charge in [-0.1, -0.05) is 59.6 Å². The highest BCUT2D eigenvalue weighted by molar-refractivity contribution is 6.31. The van der Waals surface area contributed by atoms with Crippen LogP contribution in [0.5, 0.6) is 0 Å². The summed E-state index contributed by atoms with van der Waals surface area (Å²) in [5.41, 5.74) is 4.68. The summed E-state index contributed by atoms with van der Waals surface area (Å²) in [6, 6.07) is 22.6. The number of para-hydroxylation sites is 1. The summed E-state index contributed by atoms with van der Waals surface area (Å²) in [6.07, 6.45) is 3.64. The summed E-state index contributed by atoms with van der Waals surface area (Å²) in [7, 11) is 0. The van der Waals surface area contributed by atoms with Crippen molar-refractivity contribution in [2.45, 2.75) is 6.92 Å². The average molecular weight is 413 g/mol. The zero-order valence-electron chi connectivity index (χ0n) is 16.2. The molecular weight excluding hydrogens is 396 g/mol. The summed E-state index contributed by atoms with van der Waals surface area (Å²) < 4.78 is 7.80. The van der Waals surface area contributed by atoms with Gasteiger partial charge in [-0.2, -0.15) is 5.10 Å². The van der Waals surface area contributed by atoms with Crippen LogP contribution in [0, 0.1) is 6.92 Å². The minimum atomic E-state index is -0.176. The zero-order chi connectivity index (χ0) is 20.7. The van der Waals surface area contributed by atoms with Crippen molar-refractivity contribution in [3.8, 4) is 16.8 Å². The maximum Gasteiger partial charge on any atom is 0.228 e. The molecule has 0 bridgehead atoms. The molecule has 146 valence electrons. The van der Waals surface area contributed by atoms with Crippen molar-refractivity contribution in [3.05, 3.63) is 107 Å². The van der Waals surface area contributed by atoms with Crippen LogP contribution in [0.3, 0.4) is 0 Å². The van der Waals surface area contributed by atoms with Gasteiger partial charge in [-0.05, 0) is 37.3 Å². The van der Waals surface area contributed by atoms with E-state index in [2.05, 4.69) is 5.10 Å². The molecule has 2 heterocycles. The normalized spacial score (nSPS) is 11.1. The van der Waals surface area contributed by atoms with Gasteiger partial charge < -0.3 is 4.42 Å². The molecule has 0 fully saturated rings. The Hall–Kier alpha value is -3.63. The highest BCUT2D eigenvalue weighted by Crippen LogP contribution is 2.37. The molecule has 2 aromatic heterocycles. The van der Waals surface area contributed by atoms with Crippen LogP contribution >= 0.6 is 11.6 Å². The van der Waals surface area contributed by atoms with E-state index in [1.165, 1.54) is 0 Å². The molecule has 0 aliphatic carbocycles. The predicted molar refractivity (Wildman–Crippen MR) is 118 cm³/mol. The predicted octanol–water partition coefficient (Wildman–Crippen LogP) is 6.48. The molecule has 0 atom stereocenters. The van der Waals surface area contributed by atoms with Crippen molar-refractivity contribution in [2.75, 3.05) is 0 Å². The molecule has 0 aliphatic heterocycles. The van der Waals surface area contributed by atoms with Gasteiger partial charge in [0.15, 0.2) is 5.76 Å². The van der Waals surface area contributed by atoms with Crippen LogP contribution in [0.15, 0.2) is 89.6 Å². The molecule has 4 nitrogen and oxygen atoms in total. The van der Waals surface area contributed by atoms with E-state index in [-0.39, 0.29) is 11.5 Å². The van der Waals surface area contributed by atoms with Gasteiger partial charge in [0, 0.05) is 33.3 Å². The smallest absolute Gasteiger partial charge is 0.228 e. The standard InChI is InChI=1S/C25H17ClN2O2/c1-16-7-9-17(10-8-16)24(29)25-23(21-13-19(26)11-12-22(21)30-25)18-14-27-28(15-18)20-5-3-2-4-6-20/h2-15H,1H3. The molecule has 0 saturated heterocycles. The van der Waals surface area contributed by atoms with Crippen LogP contribution in [0.1, 0.15) is 21.7 Å². The number of carbonyl (C=O) groups is 1. The third kappa shape index (κ3) is 3.21. The van der Waals surface area contributed by atoms with Crippen LogP contribution in [-0.4, -0.2) is 15.6 Å². The highest BCUT2D eigenvalue weighted by Gasteiger charge is 2.24. The van der Waals surface area contributed by atoms with E-state index in [4.69, 9.17) is 16.0 Å². The number of aryl methyl sites for hydroxylation is 1. The molecule has 5 aromatic rings. The molecule has 3 aromatic carbocycles. The Labute approximate surface area is 178 Å². The molecule has 5 heteroatoms. The Balaban J connectivity index is 1.69. The minimum absolute atomic E-state index is 0.176. The maximum atomic E-state index is 13.3. The Bertz CT molecular complexity index is 1370. The second-order valence-corrected chi connectivity index (χ2v) is 7.59. The number of benzene rings is 3. The number of nitrogens with zero attached hydrogens (tertiary/aromatic N) is 2. The zero-order valence-corrected chi connectivity index (χ0v) is 16.9. The second-order valence-electron chi connectivity index (χ2n) is 7.15. The van der Waals surface area contributed by atoms with Crippen molar-refractivity contribution in [1.82, 2.24) is 9.78 Å². The van der Waals surface area contributed by atoms with Gasteiger partial charge in [-0.3, -0.25) is 4.79 Å². The van der Waals surface area contributed by atoms with Gasteiger partial charge in [-0.25, -0.2) is 4.68 Å². The van der Waals surface area contributed by atoms with E-state index in [0.717, 1.165) is 22.2 Å². The molecule has 0 N–H and O–H groups in total. The largest absolute Gasteiger partial charge is 0.452 e. The molecule has 0 saturated carbocycles. The Kier molecular flexibility index (Phi) is 4.49. The monoisotopic (exact) mass is 412 g/mol. The van der Waals surface area contributed by atoms with Crippen molar-refractivity contribution >= 4 is 28.4 Å². The van der Waals surface area contributed by atoms with Gasteiger partial charge in [0.2, 0.25) is 5.78 Å². The number of aromatic nitrogens is 2. The van der Waals surface area contributed by atoms with E-state index in [1.54, 1.807) is 23.0 Å².